The van der Waals surface area contributed by atoms with E-state index in [1.807, 2.05) is 11.8 Å². The Morgan fingerprint density at radius 2 is 1.90 bits per heavy atom. The number of ether oxygens (including phenoxy) is 1. The van der Waals surface area contributed by atoms with Crippen LogP contribution in [0.1, 0.15) is 59.3 Å². The van der Waals surface area contributed by atoms with E-state index in [9.17, 15) is 4.79 Å². The molecule has 3 aliphatic rings. The molecule has 0 spiro atoms. The molecular formula is C17H28O2S. The Labute approximate surface area is 127 Å². The van der Waals surface area contributed by atoms with Crippen LogP contribution < -0.4 is 0 Å². The normalized spacial score (nSPS) is 40.0. The number of carbonyl (C=O) groups is 1. The predicted octanol–water partition coefficient (Wildman–Crippen LogP) is 4.28. The van der Waals surface area contributed by atoms with Crippen LogP contribution in [0.25, 0.3) is 0 Å². The Morgan fingerprint density at radius 3 is 2.45 bits per heavy atom. The third-order valence-electron chi connectivity index (χ3n) is 6.78. The SMILES string of the molecule is CC1(C)C2CCC1(C)C(OC(=O)CC1CCSCC1)C2. The summed E-state index contributed by atoms with van der Waals surface area (Å²) >= 11 is 2.02. The van der Waals surface area contributed by atoms with E-state index < -0.39 is 0 Å². The second-order valence-corrected chi connectivity index (χ2v) is 9.07. The fourth-order valence-electron chi connectivity index (χ4n) is 4.70. The molecule has 1 aliphatic heterocycles. The molecule has 0 radical (unpaired) electrons. The van der Waals surface area contributed by atoms with Gasteiger partial charge in [-0.05, 0) is 60.9 Å². The van der Waals surface area contributed by atoms with Gasteiger partial charge in [-0.2, -0.15) is 11.8 Å². The van der Waals surface area contributed by atoms with E-state index in [1.165, 1.54) is 37.2 Å². The summed E-state index contributed by atoms with van der Waals surface area (Å²) in [4.78, 5) is 12.3. The zero-order valence-electron chi connectivity index (χ0n) is 13.1. The van der Waals surface area contributed by atoms with Crippen molar-refractivity contribution >= 4 is 17.7 Å². The molecular weight excluding hydrogens is 268 g/mol. The van der Waals surface area contributed by atoms with E-state index >= 15 is 0 Å². The summed E-state index contributed by atoms with van der Waals surface area (Å²) in [6.07, 6.45) is 6.83. The Hall–Kier alpha value is -0.180. The lowest BCUT2D eigenvalue weighted by molar-refractivity contribution is -0.158. The van der Waals surface area contributed by atoms with Crippen LogP contribution >= 0.6 is 11.8 Å². The summed E-state index contributed by atoms with van der Waals surface area (Å²) in [6.45, 7) is 7.09. The first kappa shape index (κ1) is 14.7. The van der Waals surface area contributed by atoms with E-state index in [0.717, 1.165) is 12.3 Å². The Balaban J connectivity index is 1.57. The maximum Gasteiger partial charge on any atom is 0.306 e. The van der Waals surface area contributed by atoms with Gasteiger partial charge in [0.2, 0.25) is 0 Å². The predicted molar refractivity (Wildman–Crippen MR) is 83.8 cm³/mol. The van der Waals surface area contributed by atoms with Gasteiger partial charge in [-0.25, -0.2) is 0 Å². The maximum atomic E-state index is 12.3. The molecule has 20 heavy (non-hydrogen) atoms. The minimum atomic E-state index is 0.0662. The van der Waals surface area contributed by atoms with Crippen molar-refractivity contribution in [2.45, 2.75) is 65.4 Å². The second-order valence-electron chi connectivity index (χ2n) is 7.85. The molecule has 1 saturated heterocycles. The van der Waals surface area contributed by atoms with Gasteiger partial charge in [-0.3, -0.25) is 4.79 Å². The van der Waals surface area contributed by atoms with E-state index in [1.54, 1.807) is 0 Å². The van der Waals surface area contributed by atoms with Gasteiger partial charge in [0.25, 0.3) is 0 Å². The van der Waals surface area contributed by atoms with Crippen molar-refractivity contribution in [3.8, 4) is 0 Å². The van der Waals surface area contributed by atoms with Crippen LogP contribution in [-0.2, 0) is 9.53 Å². The monoisotopic (exact) mass is 296 g/mol. The standard InChI is InChI=1S/C17H28O2S/c1-16(2)13-4-7-17(16,3)14(11-13)19-15(18)10-12-5-8-20-9-6-12/h12-14H,4-11H2,1-3H3. The summed E-state index contributed by atoms with van der Waals surface area (Å²) in [5.41, 5.74) is 0.537. The van der Waals surface area contributed by atoms with Crippen molar-refractivity contribution in [2.75, 3.05) is 11.5 Å². The highest BCUT2D eigenvalue weighted by Gasteiger charge is 2.62. The summed E-state index contributed by atoms with van der Waals surface area (Å²) in [6, 6.07) is 0. The van der Waals surface area contributed by atoms with Crippen molar-refractivity contribution in [1.82, 2.24) is 0 Å². The molecule has 1 heterocycles. The van der Waals surface area contributed by atoms with E-state index in [2.05, 4.69) is 20.8 Å². The maximum absolute atomic E-state index is 12.3. The third kappa shape index (κ3) is 2.30. The van der Waals surface area contributed by atoms with Gasteiger partial charge < -0.3 is 4.74 Å². The smallest absolute Gasteiger partial charge is 0.306 e. The highest BCUT2D eigenvalue weighted by molar-refractivity contribution is 7.99. The molecule has 114 valence electrons. The Kier molecular flexibility index (Phi) is 3.85. The van der Waals surface area contributed by atoms with Crippen LogP contribution in [0.15, 0.2) is 0 Å². The molecule has 3 unspecified atom stereocenters. The summed E-state index contributed by atoms with van der Waals surface area (Å²) in [7, 11) is 0. The molecule has 0 aromatic rings. The number of fused-ring (bicyclic) bond motifs is 2. The van der Waals surface area contributed by atoms with Crippen molar-refractivity contribution in [2.24, 2.45) is 22.7 Å². The number of carbonyl (C=O) groups excluding carboxylic acids is 1. The fraction of sp³-hybridized carbons (Fsp3) is 0.941. The van der Waals surface area contributed by atoms with Gasteiger partial charge in [-0.15, -0.1) is 0 Å². The van der Waals surface area contributed by atoms with Gasteiger partial charge in [0, 0.05) is 11.8 Å². The van der Waals surface area contributed by atoms with Crippen molar-refractivity contribution in [3.63, 3.8) is 0 Å². The topological polar surface area (TPSA) is 26.3 Å². The van der Waals surface area contributed by atoms with Crippen LogP contribution in [0.3, 0.4) is 0 Å². The highest BCUT2D eigenvalue weighted by atomic mass is 32.2. The zero-order valence-corrected chi connectivity index (χ0v) is 13.9. The average Bonchev–Trinajstić information content (AvgIpc) is 2.73. The summed E-state index contributed by atoms with van der Waals surface area (Å²) in [5.74, 6) is 3.82. The van der Waals surface area contributed by atoms with Crippen LogP contribution in [0.2, 0.25) is 0 Å². The highest BCUT2D eigenvalue weighted by Crippen LogP contribution is 2.66. The Morgan fingerprint density at radius 1 is 1.20 bits per heavy atom. The van der Waals surface area contributed by atoms with E-state index in [4.69, 9.17) is 4.74 Å². The first-order valence-electron chi connectivity index (χ1n) is 8.21. The lowest BCUT2D eigenvalue weighted by atomic mass is 9.70. The van der Waals surface area contributed by atoms with Gasteiger partial charge in [0.15, 0.2) is 0 Å². The largest absolute Gasteiger partial charge is 0.462 e. The minimum Gasteiger partial charge on any atom is -0.462 e. The molecule has 2 bridgehead atoms. The third-order valence-corrected chi connectivity index (χ3v) is 7.83. The van der Waals surface area contributed by atoms with Crippen molar-refractivity contribution in [3.05, 3.63) is 0 Å². The zero-order chi connectivity index (χ0) is 14.4. The van der Waals surface area contributed by atoms with Gasteiger partial charge in [0.05, 0.1) is 0 Å². The van der Waals surface area contributed by atoms with Gasteiger partial charge in [0.1, 0.15) is 6.10 Å². The number of hydrogen-bond acceptors (Lipinski definition) is 3. The molecule has 2 aliphatic carbocycles. The molecule has 0 aromatic carbocycles. The second kappa shape index (κ2) is 5.23. The fourth-order valence-corrected chi connectivity index (χ4v) is 5.91. The summed E-state index contributed by atoms with van der Waals surface area (Å²) < 4.78 is 5.94. The van der Waals surface area contributed by atoms with Crippen LogP contribution in [0, 0.1) is 22.7 Å². The van der Waals surface area contributed by atoms with E-state index in [-0.39, 0.29) is 17.5 Å². The van der Waals surface area contributed by atoms with Crippen LogP contribution in [-0.4, -0.2) is 23.6 Å². The molecule has 2 saturated carbocycles. The van der Waals surface area contributed by atoms with Gasteiger partial charge in [-0.1, -0.05) is 20.8 Å². The molecule has 0 aromatic heterocycles. The van der Waals surface area contributed by atoms with E-state index in [0.29, 0.717) is 17.8 Å². The van der Waals surface area contributed by atoms with Gasteiger partial charge >= 0.3 is 5.97 Å². The molecule has 3 rings (SSSR count). The van der Waals surface area contributed by atoms with Crippen molar-refractivity contribution in [1.29, 1.82) is 0 Å². The lowest BCUT2D eigenvalue weighted by Crippen LogP contribution is -2.38. The number of thioether (sulfide) groups is 1. The molecule has 3 atom stereocenters. The number of hydrogen-bond donors (Lipinski definition) is 0. The number of esters is 1. The molecule has 3 fully saturated rings. The number of rotatable bonds is 3. The quantitative estimate of drug-likeness (QED) is 0.727. The molecule has 0 N–H and O–H groups in total. The lowest BCUT2D eigenvalue weighted by Gasteiger charge is -2.38. The molecule has 3 heteroatoms. The first-order chi connectivity index (χ1) is 9.43. The van der Waals surface area contributed by atoms with Crippen molar-refractivity contribution < 1.29 is 9.53 Å². The first-order valence-corrected chi connectivity index (χ1v) is 9.36. The minimum absolute atomic E-state index is 0.0662. The summed E-state index contributed by atoms with van der Waals surface area (Å²) in [5, 5.41) is 0. The molecule has 0 amide bonds. The van der Waals surface area contributed by atoms with Crippen LogP contribution in [0.5, 0.6) is 0 Å². The average molecular weight is 296 g/mol. The Bertz CT molecular complexity index is 386. The molecule has 2 nitrogen and oxygen atoms in total. The van der Waals surface area contributed by atoms with Crippen LogP contribution in [0.4, 0.5) is 0 Å².